The summed E-state index contributed by atoms with van der Waals surface area (Å²) in [6, 6.07) is 13.3. The molecule has 18 heavy (non-hydrogen) atoms. The molecule has 1 heterocycles. The predicted molar refractivity (Wildman–Crippen MR) is 70.7 cm³/mol. The van der Waals surface area contributed by atoms with Gasteiger partial charge in [-0.05, 0) is 53.6 Å². The highest BCUT2D eigenvalue weighted by Crippen LogP contribution is 2.20. The molecule has 0 N–H and O–H groups in total. The summed E-state index contributed by atoms with van der Waals surface area (Å²) in [4.78, 5) is 3.95. The molecular weight excluding hydrogens is 224 g/mol. The Labute approximate surface area is 106 Å². The van der Waals surface area contributed by atoms with Gasteiger partial charge in [-0.1, -0.05) is 0 Å². The van der Waals surface area contributed by atoms with Gasteiger partial charge in [-0.25, -0.2) is 0 Å². The van der Waals surface area contributed by atoms with Crippen LogP contribution >= 0.6 is 0 Å². The molecule has 2 aromatic rings. The number of nitriles is 1. The van der Waals surface area contributed by atoms with Crippen molar-refractivity contribution < 1.29 is 4.74 Å². The van der Waals surface area contributed by atoms with Crippen molar-refractivity contribution in [1.29, 1.82) is 5.26 Å². The van der Waals surface area contributed by atoms with Gasteiger partial charge in [0, 0.05) is 12.4 Å². The number of allylic oxidation sites excluding steroid dienone is 1. The normalized spacial score (nSPS) is 10.8. The van der Waals surface area contributed by atoms with Crippen LogP contribution in [0.3, 0.4) is 0 Å². The summed E-state index contributed by atoms with van der Waals surface area (Å²) < 4.78 is 5.09. The molecular formula is C15H12N2O. The molecule has 0 atom stereocenters. The minimum Gasteiger partial charge on any atom is -0.497 e. The molecule has 0 aliphatic rings. The number of ether oxygens (including phenoxy) is 1. The van der Waals surface area contributed by atoms with Gasteiger partial charge in [-0.3, -0.25) is 4.98 Å². The molecule has 0 aliphatic carbocycles. The summed E-state index contributed by atoms with van der Waals surface area (Å²) in [7, 11) is 1.62. The number of aromatic nitrogens is 1. The quantitative estimate of drug-likeness (QED) is 0.769. The number of rotatable bonds is 3. The van der Waals surface area contributed by atoms with Gasteiger partial charge in [0.2, 0.25) is 0 Å². The van der Waals surface area contributed by atoms with Crippen LogP contribution in [0.1, 0.15) is 11.1 Å². The molecule has 0 fully saturated rings. The van der Waals surface area contributed by atoms with Crippen LogP contribution in [0, 0.1) is 11.3 Å². The molecule has 0 unspecified atom stereocenters. The molecule has 3 heteroatoms. The lowest BCUT2D eigenvalue weighted by Gasteiger charge is -2.02. The third kappa shape index (κ3) is 2.74. The Morgan fingerprint density at radius 2 is 1.83 bits per heavy atom. The van der Waals surface area contributed by atoms with Crippen LogP contribution in [-0.2, 0) is 0 Å². The Hall–Kier alpha value is -2.60. The third-order valence-electron chi connectivity index (χ3n) is 2.54. The topological polar surface area (TPSA) is 45.9 Å². The smallest absolute Gasteiger partial charge is 0.118 e. The second kappa shape index (κ2) is 5.65. The molecule has 0 radical (unpaired) electrons. The minimum atomic E-state index is 0.615. The first-order chi connectivity index (χ1) is 8.83. The molecule has 3 nitrogen and oxygen atoms in total. The summed E-state index contributed by atoms with van der Waals surface area (Å²) in [5.74, 6) is 0.778. The Morgan fingerprint density at radius 3 is 2.39 bits per heavy atom. The van der Waals surface area contributed by atoms with E-state index in [2.05, 4.69) is 11.1 Å². The Balaban J connectivity index is 2.34. The van der Waals surface area contributed by atoms with Gasteiger partial charge in [0.05, 0.1) is 18.8 Å². The van der Waals surface area contributed by atoms with Crippen molar-refractivity contribution in [2.24, 2.45) is 0 Å². The summed E-state index contributed by atoms with van der Waals surface area (Å²) >= 11 is 0. The zero-order valence-electron chi connectivity index (χ0n) is 10.00. The first kappa shape index (κ1) is 11.9. The maximum Gasteiger partial charge on any atom is 0.118 e. The Kier molecular flexibility index (Phi) is 3.72. The van der Waals surface area contributed by atoms with Crippen molar-refractivity contribution >= 4 is 11.6 Å². The average molecular weight is 236 g/mol. The largest absolute Gasteiger partial charge is 0.497 e. The molecule has 0 saturated heterocycles. The van der Waals surface area contributed by atoms with E-state index < -0.39 is 0 Å². The number of pyridine rings is 1. The number of hydrogen-bond donors (Lipinski definition) is 0. The maximum absolute atomic E-state index is 9.20. The average Bonchev–Trinajstić information content (AvgIpc) is 2.46. The summed E-state index contributed by atoms with van der Waals surface area (Å²) in [5.41, 5.74) is 2.44. The highest BCUT2D eigenvalue weighted by atomic mass is 16.5. The van der Waals surface area contributed by atoms with Gasteiger partial charge in [0.1, 0.15) is 5.75 Å². The van der Waals surface area contributed by atoms with Gasteiger partial charge in [-0.15, -0.1) is 0 Å². The lowest BCUT2D eigenvalue weighted by molar-refractivity contribution is 0.415. The number of nitrogens with zero attached hydrogens (tertiary/aromatic N) is 2. The van der Waals surface area contributed by atoms with E-state index in [1.165, 1.54) is 0 Å². The van der Waals surface area contributed by atoms with Crippen LogP contribution in [0.15, 0.2) is 48.8 Å². The molecule has 1 aromatic carbocycles. The van der Waals surface area contributed by atoms with E-state index in [9.17, 15) is 5.26 Å². The third-order valence-corrected chi connectivity index (χ3v) is 2.54. The van der Waals surface area contributed by atoms with E-state index >= 15 is 0 Å². The van der Waals surface area contributed by atoms with E-state index in [4.69, 9.17) is 4.74 Å². The molecule has 0 amide bonds. The lowest BCUT2D eigenvalue weighted by atomic mass is 10.0. The fourth-order valence-corrected chi connectivity index (χ4v) is 1.58. The highest BCUT2D eigenvalue weighted by molar-refractivity contribution is 5.89. The van der Waals surface area contributed by atoms with Crippen LogP contribution in [0.5, 0.6) is 5.75 Å². The number of methoxy groups -OCH3 is 1. The molecule has 2 rings (SSSR count). The second-order valence-electron chi connectivity index (χ2n) is 3.68. The van der Waals surface area contributed by atoms with Gasteiger partial charge >= 0.3 is 0 Å². The van der Waals surface area contributed by atoms with Crippen LogP contribution in [0.4, 0.5) is 0 Å². The first-order valence-corrected chi connectivity index (χ1v) is 5.50. The first-order valence-electron chi connectivity index (χ1n) is 5.50. The van der Waals surface area contributed by atoms with Crippen LogP contribution in [0.25, 0.3) is 11.6 Å². The number of hydrogen-bond acceptors (Lipinski definition) is 3. The van der Waals surface area contributed by atoms with E-state index in [1.807, 2.05) is 42.5 Å². The summed E-state index contributed by atoms with van der Waals surface area (Å²) in [5, 5.41) is 9.20. The fraction of sp³-hybridized carbons (Fsp3) is 0.0667. The van der Waals surface area contributed by atoms with Crippen molar-refractivity contribution in [2.75, 3.05) is 7.11 Å². The van der Waals surface area contributed by atoms with E-state index in [0.717, 1.165) is 16.9 Å². The monoisotopic (exact) mass is 236 g/mol. The highest BCUT2D eigenvalue weighted by Gasteiger charge is 2.01. The minimum absolute atomic E-state index is 0.615. The standard InChI is InChI=1S/C15H12N2O/c1-18-15-4-2-13(3-5-15)14(11-16)10-12-6-8-17-9-7-12/h2-10H,1H3/b14-10+. The zero-order chi connectivity index (χ0) is 12.8. The molecule has 0 spiro atoms. The molecule has 0 bridgehead atoms. The van der Waals surface area contributed by atoms with Crippen molar-refractivity contribution in [3.63, 3.8) is 0 Å². The second-order valence-corrected chi connectivity index (χ2v) is 3.68. The number of benzene rings is 1. The van der Waals surface area contributed by atoms with E-state index in [0.29, 0.717) is 5.57 Å². The van der Waals surface area contributed by atoms with Crippen molar-refractivity contribution in [1.82, 2.24) is 4.98 Å². The predicted octanol–water partition coefficient (Wildman–Crippen LogP) is 3.15. The molecule has 88 valence electrons. The van der Waals surface area contributed by atoms with Crippen molar-refractivity contribution in [2.45, 2.75) is 0 Å². The Bertz CT molecular complexity index is 580. The Morgan fingerprint density at radius 1 is 1.17 bits per heavy atom. The molecule has 1 aromatic heterocycles. The van der Waals surface area contributed by atoms with E-state index in [-0.39, 0.29) is 0 Å². The van der Waals surface area contributed by atoms with Gasteiger partial charge in [0.15, 0.2) is 0 Å². The summed E-state index contributed by atoms with van der Waals surface area (Å²) in [6.45, 7) is 0. The van der Waals surface area contributed by atoms with Crippen LogP contribution < -0.4 is 4.74 Å². The summed E-state index contributed by atoms with van der Waals surface area (Å²) in [6.07, 6.45) is 5.24. The van der Waals surface area contributed by atoms with Crippen LogP contribution in [-0.4, -0.2) is 12.1 Å². The fourth-order valence-electron chi connectivity index (χ4n) is 1.58. The SMILES string of the molecule is COc1ccc(/C(C#N)=C/c2ccncc2)cc1. The van der Waals surface area contributed by atoms with Crippen molar-refractivity contribution in [3.05, 3.63) is 59.9 Å². The molecule has 0 saturated carbocycles. The van der Waals surface area contributed by atoms with Crippen molar-refractivity contribution in [3.8, 4) is 11.8 Å². The lowest BCUT2D eigenvalue weighted by Crippen LogP contribution is -1.85. The van der Waals surface area contributed by atoms with Gasteiger partial charge < -0.3 is 4.74 Å². The van der Waals surface area contributed by atoms with Gasteiger partial charge in [0.25, 0.3) is 0 Å². The maximum atomic E-state index is 9.20. The van der Waals surface area contributed by atoms with Crippen LogP contribution in [0.2, 0.25) is 0 Å². The van der Waals surface area contributed by atoms with Gasteiger partial charge in [-0.2, -0.15) is 5.26 Å². The molecule has 0 aliphatic heterocycles. The zero-order valence-corrected chi connectivity index (χ0v) is 10.00. The van der Waals surface area contributed by atoms with E-state index in [1.54, 1.807) is 19.5 Å².